The summed E-state index contributed by atoms with van der Waals surface area (Å²) < 4.78 is 26.4. The summed E-state index contributed by atoms with van der Waals surface area (Å²) in [5.74, 6) is 1.27. The lowest BCUT2D eigenvalue weighted by atomic mass is 10.1. The minimum absolute atomic E-state index is 0.199. The van der Waals surface area contributed by atoms with E-state index in [1.165, 1.54) is 40.6 Å². The van der Waals surface area contributed by atoms with Crippen molar-refractivity contribution >= 4 is 11.8 Å². The molecule has 0 atom stereocenters. The molecular formula is C20H24N2O7. The van der Waals surface area contributed by atoms with Crippen LogP contribution in [0.25, 0.3) is 0 Å². The topological polar surface area (TPSA) is 118 Å². The summed E-state index contributed by atoms with van der Waals surface area (Å²) in [6.45, 7) is -0.0917. The Morgan fingerprint density at radius 3 is 2.00 bits per heavy atom. The zero-order chi connectivity index (χ0) is 21.4. The molecule has 2 aromatic carbocycles. The highest BCUT2D eigenvalue weighted by molar-refractivity contribution is 5.94. The third-order valence-electron chi connectivity index (χ3n) is 4.02. The summed E-state index contributed by atoms with van der Waals surface area (Å²) >= 11 is 0. The minimum Gasteiger partial charge on any atom is -0.496 e. The maximum Gasteiger partial charge on any atom is 0.255 e. The van der Waals surface area contributed by atoms with Crippen molar-refractivity contribution in [2.24, 2.45) is 5.73 Å². The highest BCUT2D eigenvalue weighted by Crippen LogP contribution is 2.34. The van der Waals surface area contributed by atoms with Crippen molar-refractivity contribution in [3.05, 3.63) is 41.5 Å². The minimum atomic E-state index is -0.613. The van der Waals surface area contributed by atoms with Crippen LogP contribution in [0, 0.1) is 0 Å². The van der Waals surface area contributed by atoms with Crippen LogP contribution in [0.4, 0.5) is 0 Å². The van der Waals surface area contributed by atoms with Crippen LogP contribution in [0.3, 0.4) is 0 Å². The predicted molar refractivity (Wildman–Crippen MR) is 105 cm³/mol. The highest BCUT2D eigenvalue weighted by atomic mass is 16.5. The Balaban J connectivity index is 2.15. The number of primary amides is 1. The zero-order valence-electron chi connectivity index (χ0n) is 16.7. The van der Waals surface area contributed by atoms with E-state index in [4.69, 9.17) is 29.4 Å². The Bertz CT molecular complexity index is 883. The van der Waals surface area contributed by atoms with Gasteiger partial charge in [0.1, 0.15) is 5.75 Å². The molecule has 0 saturated heterocycles. The number of ether oxygens (including phenoxy) is 5. The van der Waals surface area contributed by atoms with Gasteiger partial charge < -0.3 is 34.7 Å². The molecule has 0 aliphatic rings. The Kier molecular flexibility index (Phi) is 7.53. The average Bonchev–Trinajstić information content (AvgIpc) is 2.74. The van der Waals surface area contributed by atoms with E-state index in [1.807, 2.05) is 0 Å². The lowest BCUT2D eigenvalue weighted by molar-refractivity contribution is -0.119. The monoisotopic (exact) mass is 404 g/mol. The third kappa shape index (κ3) is 5.44. The number of carbonyl (C=O) groups excluding carboxylic acids is 2. The van der Waals surface area contributed by atoms with E-state index in [9.17, 15) is 9.59 Å². The molecule has 2 amide bonds. The van der Waals surface area contributed by atoms with Crippen molar-refractivity contribution in [2.45, 2.75) is 6.54 Å². The fraction of sp³-hybridized carbons (Fsp3) is 0.300. The van der Waals surface area contributed by atoms with Gasteiger partial charge in [-0.1, -0.05) is 0 Å². The Morgan fingerprint density at radius 1 is 0.828 bits per heavy atom. The van der Waals surface area contributed by atoms with E-state index in [-0.39, 0.29) is 19.1 Å². The molecule has 29 heavy (non-hydrogen) atoms. The molecule has 0 fully saturated rings. The lowest BCUT2D eigenvalue weighted by Crippen LogP contribution is -2.23. The Labute approximate surface area is 168 Å². The van der Waals surface area contributed by atoms with E-state index < -0.39 is 5.91 Å². The smallest absolute Gasteiger partial charge is 0.255 e. The summed E-state index contributed by atoms with van der Waals surface area (Å²) in [5, 5.41) is 2.81. The molecule has 3 N–H and O–H groups in total. The van der Waals surface area contributed by atoms with Gasteiger partial charge in [0.25, 0.3) is 11.8 Å². The van der Waals surface area contributed by atoms with Gasteiger partial charge in [-0.05, 0) is 24.3 Å². The highest BCUT2D eigenvalue weighted by Gasteiger charge is 2.15. The molecule has 0 aromatic heterocycles. The summed E-state index contributed by atoms with van der Waals surface area (Å²) in [7, 11) is 6.02. The number of nitrogens with one attached hydrogen (secondary N) is 1. The Morgan fingerprint density at radius 2 is 1.41 bits per heavy atom. The van der Waals surface area contributed by atoms with Gasteiger partial charge in [0.05, 0.1) is 28.4 Å². The van der Waals surface area contributed by atoms with Crippen LogP contribution in [-0.4, -0.2) is 46.9 Å². The molecule has 0 aliphatic heterocycles. The zero-order valence-corrected chi connectivity index (χ0v) is 16.7. The second-order valence-electron chi connectivity index (χ2n) is 5.82. The number of nitrogens with two attached hydrogens (primary N) is 1. The largest absolute Gasteiger partial charge is 0.496 e. The molecule has 0 bridgehead atoms. The molecule has 0 radical (unpaired) electrons. The molecule has 9 heteroatoms. The fourth-order valence-electron chi connectivity index (χ4n) is 2.59. The lowest BCUT2D eigenvalue weighted by Gasteiger charge is -2.15. The van der Waals surface area contributed by atoms with Crippen molar-refractivity contribution < 1.29 is 33.3 Å². The SMILES string of the molecule is COc1cc(OC)c(OC)cc1CNC(=O)c1ccc(OCC(N)=O)c(OC)c1. The summed E-state index contributed by atoms with van der Waals surface area (Å²) in [4.78, 5) is 23.4. The van der Waals surface area contributed by atoms with Crippen molar-refractivity contribution in [1.82, 2.24) is 5.32 Å². The van der Waals surface area contributed by atoms with Crippen LogP contribution in [0.2, 0.25) is 0 Å². The molecular weight excluding hydrogens is 380 g/mol. The van der Waals surface area contributed by atoms with Gasteiger partial charge in [-0.3, -0.25) is 9.59 Å². The number of rotatable bonds is 10. The van der Waals surface area contributed by atoms with Gasteiger partial charge in [0.15, 0.2) is 29.6 Å². The first-order valence-electron chi connectivity index (χ1n) is 8.59. The van der Waals surface area contributed by atoms with E-state index >= 15 is 0 Å². The van der Waals surface area contributed by atoms with Crippen LogP contribution >= 0.6 is 0 Å². The standard InChI is InChI=1S/C20H24N2O7/c1-25-15-9-18(28-4)17(27-3)8-13(15)10-22-20(24)12-5-6-14(16(7-12)26-2)29-11-19(21)23/h5-9H,10-11H2,1-4H3,(H2,21,23)(H,22,24). The first kappa shape index (κ1) is 21.7. The first-order chi connectivity index (χ1) is 13.9. The van der Waals surface area contributed by atoms with Crippen molar-refractivity contribution in [1.29, 1.82) is 0 Å². The van der Waals surface area contributed by atoms with Crippen LogP contribution < -0.4 is 34.7 Å². The molecule has 9 nitrogen and oxygen atoms in total. The summed E-state index contributed by atoms with van der Waals surface area (Å²) in [5.41, 5.74) is 6.14. The molecule has 0 heterocycles. The quantitative estimate of drug-likeness (QED) is 0.616. The van der Waals surface area contributed by atoms with Gasteiger partial charge >= 0.3 is 0 Å². The summed E-state index contributed by atoms with van der Waals surface area (Å²) in [6, 6.07) is 8.03. The number of hydrogen-bond acceptors (Lipinski definition) is 7. The molecule has 0 saturated carbocycles. The third-order valence-corrected chi connectivity index (χ3v) is 4.02. The molecule has 156 valence electrons. The number of methoxy groups -OCH3 is 4. The van der Waals surface area contributed by atoms with Crippen molar-refractivity contribution in [2.75, 3.05) is 35.0 Å². The van der Waals surface area contributed by atoms with E-state index in [2.05, 4.69) is 5.32 Å². The normalized spacial score (nSPS) is 10.1. The van der Waals surface area contributed by atoms with Crippen LogP contribution in [0.15, 0.2) is 30.3 Å². The second kappa shape index (κ2) is 10.1. The summed E-state index contributed by atoms with van der Waals surface area (Å²) in [6.07, 6.45) is 0. The van der Waals surface area contributed by atoms with Gasteiger partial charge in [-0.2, -0.15) is 0 Å². The average molecular weight is 404 g/mol. The number of amides is 2. The van der Waals surface area contributed by atoms with Gasteiger partial charge in [-0.15, -0.1) is 0 Å². The molecule has 0 aliphatic carbocycles. The number of carbonyl (C=O) groups is 2. The number of hydrogen-bond donors (Lipinski definition) is 2. The number of benzene rings is 2. The van der Waals surface area contributed by atoms with Crippen LogP contribution in [-0.2, 0) is 11.3 Å². The van der Waals surface area contributed by atoms with Crippen LogP contribution in [0.5, 0.6) is 28.7 Å². The maximum atomic E-state index is 12.6. The van der Waals surface area contributed by atoms with Crippen molar-refractivity contribution in [3.63, 3.8) is 0 Å². The van der Waals surface area contributed by atoms with Gasteiger partial charge in [-0.25, -0.2) is 0 Å². The van der Waals surface area contributed by atoms with Gasteiger partial charge in [0.2, 0.25) is 0 Å². The van der Waals surface area contributed by atoms with Crippen molar-refractivity contribution in [3.8, 4) is 28.7 Å². The van der Waals surface area contributed by atoms with E-state index in [0.29, 0.717) is 39.9 Å². The molecule has 0 spiro atoms. The maximum absolute atomic E-state index is 12.6. The van der Waals surface area contributed by atoms with Gasteiger partial charge in [0, 0.05) is 23.7 Å². The van der Waals surface area contributed by atoms with E-state index in [0.717, 1.165) is 0 Å². The molecule has 2 rings (SSSR count). The predicted octanol–water partition coefficient (Wildman–Crippen LogP) is 1.52. The first-order valence-corrected chi connectivity index (χ1v) is 8.59. The fourth-order valence-corrected chi connectivity index (χ4v) is 2.59. The second-order valence-corrected chi connectivity index (χ2v) is 5.82. The van der Waals surface area contributed by atoms with Crippen LogP contribution in [0.1, 0.15) is 15.9 Å². The molecule has 0 unspecified atom stereocenters. The van der Waals surface area contributed by atoms with E-state index in [1.54, 1.807) is 18.2 Å². The molecule has 2 aromatic rings. The Hall–Kier alpha value is -3.62.